The van der Waals surface area contributed by atoms with Crippen molar-refractivity contribution >= 4 is 17.2 Å². The van der Waals surface area contributed by atoms with Gasteiger partial charge in [-0.25, -0.2) is 4.79 Å². The molecule has 0 aliphatic carbocycles. The van der Waals surface area contributed by atoms with Crippen molar-refractivity contribution in [3.63, 3.8) is 0 Å². The highest BCUT2D eigenvalue weighted by Gasteiger charge is 2.04. The highest BCUT2D eigenvalue weighted by molar-refractivity contribution is 7.02. The Balaban J connectivity index is 2.52. The zero-order chi connectivity index (χ0) is 9.26. The molecule has 1 aromatic heterocycles. The first-order chi connectivity index (χ1) is 6.25. The maximum atomic E-state index is 10.7. The van der Waals surface area contributed by atoms with Gasteiger partial charge in [0.15, 0.2) is 0 Å². The summed E-state index contributed by atoms with van der Waals surface area (Å²) in [5.41, 5.74) is 6.90. The first-order valence-corrected chi connectivity index (χ1v) is 4.36. The van der Waals surface area contributed by atoms with Gasteiger partial charge in [0, 0.05) is 11.3 Å². The van der Waals surface area contributed by atoms with E-state index in [0.29, 0.717) is 11.6 Å². The van der Waals surface area contributed by atoms with Crippen LogP contribution >= 0.6 is 11.5 Å². The van der Waals surface area contributed by atoms with Gasteiger partial charge < -0.3 is 10.2 Å². The number of anilines is 1. The van der Waals surface area contributed by atoms with E-state index in [2.05, 4.69) is 4.37 Å². The lowest BCUT2D eigenvalue weighted by atomic mass is 10.2. The second-order valence-electron chi connectivity index (χ2n) is 2.47. The summed E-state index contributed by atoms with van der Waals surface area (Å²) >= 11 is 0.792. The SMILES string of the molecule is Nc1cccc(-c2nsc(=O)o2)c1. The molecule has 0 bridgehead atoms. The van der Waals surface area contributed by atoms with Gasteiger partial charge in [0.2, 0.25) is 5.89 Å². The fourth-order valence-electron chi connectivity index (χ4n) is 0.978. The first kappa shape index (κ1) is 8.00. The number of hydrogen-bond acceptors (Lipinski definition) is 5. The molecule has 2 N–H and O–H groups in total. The van der Waals surface area contributed by atoms with Crippen molar-refractivity contribution < 1.29 is 4.42 Å². The van der Waals surface area contributed by atoms with Gasteiger partial charge in [-0.1, -0.05) is 6.07 Å². The van der Waals surface area contributed by atoms with E-state index in [0.717, 1.165) is 17.1 Å². The Morgan fingerprint density at radius 3 is 2.92 bits per heavy atom. The van der Waals surface area contributed by atoms with Crippen molar-refractivity contribution in [3.8, 4) is 11.5 Å². The molecule has 2 rings (SSSR count). The number of nitrogens with two attached hydrogens (primary N) is 1. The van der Waals surface area contributed by atoms with E-state index in [-0.39, 0.29) is 0 Å². The highest BCUT2D eigenvalue weighted by atomic mass is 32.1. The molecule has 66 valence electrons. The van der Waals surface area contributed by atoms with E-state index in [1.165, 1.54) is 0 Å². The second-order valence-corrected chi connectivity index (χ2v) is 3.16. The van der Waals surface area contributed by atoms with Gasteiger partial charge in [0.05, 0.1) is 11.5 Å². The summed E-state index contributed by atoms with van der Waals surface area (Å²) in [5.74, 6) is 0.322. The maximum absolute atomic E-state index is 10.7. The quantitative estimate of drug-likeness (QED) is 0.695. The van der Waals surface area contributed by atoms with Crippen LogP contribution in [0.3, 0.4) is 0 Å². The predicted molar refractivity (Wildman–Crippen MR) is 50.5 cm³/mol. The van der Waals surface area contributed by atoms with Crippen molar-refractivity contribution in [2.75, 3.05) is 5.73 Å². The zero-order valence-corrected chi connectivity index (χ0v) is 7.38. The molecule has 0 aliphatic rings. The Hall–Kier alpha value is -1.62. The fraction of sp³-hybridized carbons (Fsp3) is 0. The molecule has 0 spiro atoms. The molecule has 2 aromatic rings. The van der Waals surface area contributed by atoms with Crippen LogP contribution in [0, 0.1) is 0 Å². The topological polar surface area (TPSA) is 69.1 Å². The van der Waals surface area contributed by atoms with E-state index in [1.54, 1.807) is 24.3 Å². The van der Waals surface area contributed by atoms with Crippen molar-refractivity contribution in [1.29, 1.82) is 0 Å². The molecule has 13 heavy (non-hydrogen) atoms. The van der Waals surface area contributed by atoms with Crippen LogP contribution in [0.1, 0.15) is 0 Å². The van der Waals surface area contributed by atoms with Crippen LogP contribution in [0.2, 0.25) is 0 Å². The van der Waals surface area contributed by atoms with E-state index >= 15 is 0 Å². The normalized spacial score (nSPS) is 10.2. The Kier molecular flexibility index (Phi) is 1.86. The number of benzene rings is 1. The maximum Gasteiger partial charge on any atom is 0.414 e. The van der Waals surface area contributed by atoms with E-state index in [4.69, 9.17) is 10.2 Å². The minimum Gasteiger partial charge on any atom is -0.399 e. The summed E-state index contributed by atoms with van der Waals surface area (Å²) in [6.07, 6.45) is 0. The van der Waals surface area contributed by atoms with Gasteiger partial charge in [-0.05, 0) is 18.2 Å². The van der Waals surface area contributed by atoms with Crippen LogP contribution in [-0.2, 0) is 0 Å². The smallest absolute Gasteiger partial charge is 0.399 e. The summed E-state index contributed by atoms with van der Waals surface area (Å²) in [6.45, 7) is 0. The van der Waals surface area contributed by atoms with Crippen LogP contribution < -0.4 is 10.7 Å². The molecule has 1 heterocycles. The lowest BCUT2D eigenvalue weighted by molar-refractivity contribution is 0.543. The van der Waals surface area contributed by atoms with Gasteiger partial charge in [-0.15, -0.1) is 4.37 Å². The lowest BCUT2D eigenvalue weighted by Gasteiger charge is -1.94. The first-order valence-electron chi connectivity index (χ1n) is 3.58. The third kappa shape index (κ3) is 1.59. The molecule has 0 atom stereocenters. The van der Waals surface area contributed by atoms with Crippen molar-refractivity contribution in [2.24, 2.45) is 0 Å². The number of aromatic nitrogens is 1. The largest absolute Gasteiger partial charge is 0.414 e. The van der Waals surface area contributed by atoms with Crippen LogP contribution in [-0.4, -0.2) is 4.37 Å². The Morgan fingerprint density at radius 1 is 1.46 bits per heavy atom. The number of rotatable bonds is 1. The summed E-state index contributed by atoms with van der Waals surface area (Å²) < 4.78 is 8.65. The van der Waals surface area contributed by atoms with Gasteiger partial charge in [0.1, 0.15) is 0 Å². The zero-order valence-electron chi connectivity index (χ0n) is 6.56. The third-order valence-electron chi connectivity index (χ3n) is 1.52. The molecule has 4 nitrogen and oxygen atoms in total. The van der Waals surface area contributed by atoms with Crippen molar-refractivity contribution in [2.45, 2.75) is 0 Å². The predicted octanol–water partition coefficient (Wildman–Crippen LogP) is 1.35. The standard InChI is InChI=1S/C8H6N2O2S/c9-6-3-1-2-5(4-6)7-10-13-8(11)12-7/h1-4H,9H2. The summed E-state index contributed by atoms with van der Waals surface area (Å²) in [5, 5.41) is 0. The molecule has 5 heteroatoms. The molecule has 0 amide bonds. The molecule has 0 saturated carbocycles. The average molecular weight is 194 g/mol. The molecule has 0 unspecified atom stereocenters. The van der Waals surface area contributed by atoms with Crippen LogP contribution in [0.4, 0.5) is 5.69 Å². The van der Waals surface area contributed by atoms with Crippen LogP contribution in [0.15, 0.2) is 33.5 Å². The average Bonchev–Trinajstić information content (AvgIpc) is 2.52. The van der Waals surface area contributed by atoms with Gasteiger partial charge in [-0.2, -0.15) is 0 Å². The Morgan fingerprint density at radius 2 is 2.31 bits per heavy atom. The van der Waals surface area contributed by atoms with Gasteiger partial charge in [-0.3, -0.25) is 0 Å². The lowest BCUT2D eigenvalue weighted by Crippen LogP contribution is -1.85. The minimum atomic E-state index is -0.405. The molecule has 0 fully saturated rings. The van der Waals surface area contributed by atoms with Crippen LogP contribution in [0.25, 0.3) is 11.5 Å². The monoisotopic (exact) mass is 194 g/mol. The van der Waals surface area contributed by atoms with Crippen LogP contribution in [0.5, 0.6) is 0 Å². The van der Waals surface area contributed by atoms with Gasteiger partial charge in [0.25, 0.3) is 0 Å². The third-order valence-corrected chi connectivity index (χ3v) is 2.01. The highest BCUT2D eigenvalue weighted by Crippen LogP contribution is 2.18. The number of hydrogen-bond donors (Lipinski definition) is 1. The minimum absolute atomic E-state index is 0.322. The number of nitrogens with zero attached hydrogens (tertiary/aromatic N) is 1. The molecule has 0 aliphatic heterocycles. The fourth-order valence-corrected chi connectivity index (χ4v) is 1.39. The second kappa shape index (κ2) is 3.02. The Labute approximate surface area is 77.8 Å². The van der Waals surface area contributed by atoms with Gasteiger partial charge >= 0.3 is 4.94 Å². The molecule has 1 aromatic carbocycles. The molecule has 0 saturated heterocycles. The Bertz CT molecular complexity index is 475. The number of nitrogen functional groups attached to an aromatic ring is 1. The summed E-state index contributed by atoms with van der Waals surface area (Å²) in [6, 6.07) is 7.03. The van der Waals surface area contributed by atoms with Crippen molar-refractivity contribution in [3.05, 3.63) is 34.0 Å². The summed E-state index contributed by atoms with van der Waals surface area (Å²) in [7, 11) is 0. The molecule has 0 radical (unpaired) electrons. The summed E-state index contributed by atoms with van der Waals surface area (Å²) in [4.78, 5) is 10.3. The molecular weight excluding hydrogens is 188 g/mol. The van der Waals surface area contributed by atoms with E-state index in [1.807, 2.05) is 0 Å². The van der Waals surface area contributed by atoms with E-state index < -0.39 is 4.94 Å². The molecular formula is C8H6N2O2S. The van der Waals surface area contributed by atoms with E-state index in [9.17, 15) is 4.79 Å². The van der Waals surface area contributed by atoms with Crippen molar-refractivity contribution in [1.82, 2.24) is 4.37 Å².